The average Bonchev–Trinajstić information content (AvgIpc) is 3.07. The van der Waals surface area contributed by atoms with E-state index in [9.17, 15) is 9.59 Å². The van der Waals surface area contributed by atoms with Crippen molar-refractivity contribution in [2.45, 2.75) is 6.42 Å². The van der Waals surface area contributed by atoms with E-state index in [-0.39, 0.29) is 11.5 Å². The summed E-state index contributed by atoms with van der Waals surface area (Å²) in [4.78, 5) is 26.4. The van der Waals surface area contributed by atoms with Crippen molar-refractivity contribution in [3.8, 4) is 11.3 Å². The largest absolute Gasteiger partial charge is 0.478 e. The summed E-state index contributed by atoms with van der Waals surface area (Å²) in [6.45, 7) is 0. The molecule has 1 aliphatic rings. The van der Waals surface area contributed by atoms with Gasteiger partial charge in [0.15, 0.2) is 5.65 Å². The fourth-order valence-electron chi connectivity index (χ4n) is 2.52. The molecule has 0 fully saturated rings. The molecule has 0 saturated carbocycles. The van der Waals surface area contributed by atoms with Gasteiger partial charge in [-0.3, -0.25) is 4.79 Å². The molecule has 1 aromatic carbocycles. The van der Waals surface area contributed by atoms with Gasteiger partial charge in [-0.2, -0.15) is 5.10 Å². The summed E-state index contributed by atoms with van der Waals surface area (Å²) < 4.78 is 1.44. The van der Waals surface area contributed by atoms with Crippen LogP contribution < -0.4 is 5.32 Å². The molecule has 4 rings (SSSR count). The zero-order valence-corrected chi connectivity index (χ0v) is 11.3. The van der Waals surface area contributed by atoms with Gasteiger partial charge in [0.05, 0.1) is 17.7 Å². The molecular formula is C15H10N4O3. The van der Waals surface area contributed by atoms with Crippen LogP contribution in [-0.2, 0) is 11.2 Å². The molecule has 7 heteroatoms. The molecule has 3 heterocycles. The maximum absolute atomic E-state index is 11.4. The van der Waals surface area contributed by atoms with Gasteiger partial charge in [0.25, 0.3) is 0 Å². The van der Waals surface area contributed by atoms with E-state index in [1.807, 2.05) is 18.2 Å². The number of rotatable bonds is 2. The van der Waals surface area contributed by atoms with Crippen molar-refractivity contribution >= 4 is 23.2 Å². The number of hydrogen-bond donors (Lipinski definition) is 2. The number of amides is 1. The molecule has 22 heavy (non-hydrogen) atoms. The fourth-order valence-corrected chi connectivity index (χ4v) is 2.52. The number of anilines is 1. The summed E-state index contributed by atoms with van der Waals surface area (Å²) in [6, 6.07) is 7.39. The van der Waals surface area contributed by atoms with Crippen LogP contribution in [0.3, 0.4) is 0 Å². The summed E-state index contributed by atoms with van der Waals surface area (Å²) >= 11 is 0. The maximum atomic E-state index is 11.4. The van der Waals surface area contributed by atoms with Gasteiger partial charge in [-0.1, -0.05) is 6.07 Å². The molecule has 0 saturated heterocycles. The van der Waals surface area contributed by atoms with E-state index in [2.05, 4.69) is 15.4 Å². The Kier molecular flexibility index (Phi) is 2.50. The SMILES string of the molecule is O=C1Cc2cc(-c3cc4ncc(C(=O)O)cn4n3)ccc2N1. The highest BCUT2D eigenvalue weighted by atomic mass is 16.4. The van der Waals surface area contributed by atoms with Crippen molar-refractivity contribution in [1.29, 1.82) is 0 Å². The van der Waals surface area contributed by atoms with Crippen molar-refractivity contribution < 1.29 is 14.7 Å². The lowest BCUT2D eigenvalue weighted by Crippen LogP contribution is -2.03. The summed E-state index contributed by atoms with van der Waals surface area (Å²) in [5, 5.41) is 16.1. The van der Waals surface area contributed by atoms with Crippen LogP contribution in [0.25, 0.3) is 16.9 Å². The third-order valence-electron chi connectivity index (χ3n) is 3.59. The van der Waals surface area contributed by atoms with Crippen LogP contribution >= 0.6 is 0 Å². The number of hydrogen-bond acceptors (Lipinski definition) is 4. The van der Waals surface area contributed by atoms with Crippen molar-refractivity contribution in [3.05, 3.63) is 47.8 Å². The van der Waals surface area contributed by atoms with E-state index >= 15 is 0 Å². The Balaban J connectivity index is 1.80. The quantitative estimate of drug-likeness (QED) is 0.748. The zero-order chi connectivity index (χ0) is 15.3. The number of fused-ring (bicyclic) bond motifs is 2. The molecule has 108 valence electrons. The molecule has 0 spiro atoms. The van der Waals surface area contributed by atoms with Crippen LogP contribution in [-0.4, -0.2) is 31.6 Å². The minimum absolute atomic E-state index is 0.0186. The molecule has 3 aromatic rings. The molecule has 0 radical (unpaired) electrons. The Labute approximate surface area is 124 Å². The second-order valence-electron chi connectivity index (χ2n) is 5.08. The van der Waals surface area contributed by atoms with Crippen LogP contribution in [0.1, 0.15) is 15.9 Å². The Morgan fingerprint density at radius 3 is 3.00 bits per heavy atom. The molecule has 0 atom stereocenters. The highest BCUT2D eigenvalue weighted by Crippen LogP contribution is 2.28. The van der Waals surface area contributed by atoms with E-state index in [1.54, 1.807) is 6.07 Å². The summed E-state index contributed by atoms with van der Waals surface area (Å²) in [5.41, 5.74) is 3.93. The van der Waals surface area contributed by atoms with Crippen LogP contribution in [0.5, 0.6) is 0 Å². The normalized spacial score (nSPS) is 13.2. The molecule has 7 nitrogen and oxygen atoms in total. The number of aromatic nitrogens is 3. The first-order valence-corrected chi connectivity index (χ1v) is 6.62. The third kappa shape index (κ3) is 1.91. The molecule has 1 amide bonds. The number of nitrogens with zero attached hydrogens (tertiary/aromatic N) is 3. The van der Waals surface area contributed by atoms with Gasteiger partial charge < -0.3 is 10.4 Å². The van der Waals surface area contributed by atoms with E-state index in [0.29, 0.717) is 17.8 Å². The molecule has 0 aliphatic carbocycles. The molecule has 0 unspecified atom stereocenters. The van der Waals surface area contributed by atoms with Crippen LogP contribution in [0, 0.1) is 0 Å². The monoisotopic (exact) mass is 294 g/mol. The number of aromatic carboxylic acids is 1. The summed E-state index contributed by atoms with van der Waals surface area (Å²) in [5.74, 6) is -1.07. The van der Waals surface area contributed by atoms with Crippen LogP contribution in [0.4, 0.5) is 5.69 Å². The summed E-state index contributed by atoms with van der Waals surface area (Å²) in [6.07, 6.45) is 3.08. The van der Waals surface area contributed by atoms with Gasteiger partial charge in [0.2, 0.25) is 5.91 Å². The molecule has 1 aliphatic heterocycles. The maximum Gasteiger partial charge on any atom is 0.338 e. The lowest BCUT2D eigenvalue weighted by molar-refractivity contribution is -0.115. The number of carbonyl (C=O) groups excluding carboxylic acids is 1. The average molecular weight is 294 g/mol. The molecule has 2 aromatic heterocycles. The second-order valence-corrected chi connectivity index (χ2v) is 5.08. The smallest absolute Gasteiger partial charge is 0.338 e. The zero-order valence-electron chi connectivity index (χ0n) is 11.3. The molecule has 2 N–H and O–H groups in total. The number of carbonyl (C=O) groups is 2. The number of carboxylic acid groups (broad SMARTS) is 1. The van der Waals surface area contributed by atoms with Gasteiger partial charge in [0.1, 0.15) is 0 Å². The predicted molar refractivity (Wildman–Crippen MR) is 77.7 cm³/mol. The van der Waals surface area contributed by atoms with E-state index < -0.39 is 5.97 Å². The first-order chi connectivity index (χ1) is 10.6. The van der Waals surface area contributed by atoms with Gasteiger partial charge in [0, 0.05) is 29.7 Å². The second kappa shape index (κ2) is 4.39. The van der Waals surface area contributed by atoms with E-state index in [4.69, 9.17) is 5.11 Å². The standard InChI is InChI=1S/C15H10N4O3/c20-14-4-9-3-8(1-2-11(9)17-14)12-5-13-16-6-10(15(21)22)7-19(13)18-12/h1-3,5-7H,4H2,(H,17,20)(H,21,22). The van der Waals surface area contributed by atoms with Crippen molar-refractivity contribution in [3.63, 3.8) is 0 Å². The molecular weight excluding hydrogens is 284 g/mol. The van der Waals surface area contributed by atoms with Gasteiger partial charge in [-0.15, -0.1) is 0 Å². The van der Waals surface area contributed by atoms with Gasteiger partial charge >= 0.3 is 5.97 Å². The minimum Gasteiger partial charge on any atom is -0.478 e. The van der Waals surface area contributed by atoms with Gasteiger partial charge in [-0.25, -0.2) is 14.3 Å². The number of benzene rings is 1. The molecule has 0 bridgehead atoms. The third-order valence-corrected chi connectivity index (χ3v) is 3.59. The van der Waals surface area contributed by atoms with Crippen molar-refractivity contribution in [2.24, 2.45) is 0 Å². The first-order valence-electron chi connectivity index (χ1n) is 6.62. The predicted octanol–water partition coefficient (Wildman–Crippen LogP) is 1.59. The van der Waals surface area contributed by atoms with Crippen molar-refractivity contribution in [1.82, 2.24) is 14.6 Å². The van der Waals surface area contributed by atoms with E-state index in [1.165, 1.54) is 16.9 Å². The van der Waals surface area contributed by atoms with Crippen LogP contribution in [0.2, 0.25) is 0 Å². The Bertz CT molecular complexity index is 945. The topological polar surface area (TPSA) is 96.6 Å². The van der Waals surface area contributed by atoms with E-state index in [0.717, 1.165) is 16.8 Å². The highest BCUT2D eigenvalue weighted by molar-refractivity contribution is 5.99. The number of nitrogens with one attached hydrogen (secondary N) is 1. The van der Waals surface area contributed by atoms with Crippen LogP contribution in [0.15, 0.2) is 36.7 Å². The fraction of sp³-hybridized carbons (Fsp3) is 0.0667. The highest BCUT2D eigenvalue weighted by Gasteiger charge is 2.18. The summed E-state index contributed by atoms with van der Waals surface area (Å²) in [7, 11) is 0. The Morgan fingerprint density at radius 2 is 2.18 bits per heavy atom. The lowest BCUT2D eigenvalue weighted by Gasteiger charge is -2.00. The van der Waals surface area contributed by atoms with Gasteiger partial charge in [-0.05, 0) is 17.7 Å². The van der Waals surface area contributed by atoms with Crippen molar-refractivity contribution in [2.75, 3.05) is 5.32 Å². The lowest BCUT2D eigenvalue weighted by atomic mass is 10.1. The number of carboxylic acids is 1. The minimum atomic E-state index is -1.05. The first kappa shape index (κ1) is 12.5. The Morgan fingerprint density at radius 1 is 1.32 bits per heavy atom. The Hall–Kier alpha value is -3.22.